The molecular weight excluding hydrogens is 246 g/mol. The molecular formula is C17H17N3. The summed E-state index contributed by atoms with van der Waals surface area (Å²) < 4.78 is 0. The average molecular weight is 263 g/mol. The number of nitrogens with zero attached hydrogens (tertiary/aromatic N) is 1. The van der Waals surface area contributed by atoms with Gasteiger partial charge in [-0.3, -0.25) is 0 Å². The fraction of sp³-hybridized carbons (Fsp3) is 0.118. The van der Waals surface area contributed by atoms with Gasteiger partial charge in [-0.1, -0.05) is 36.4 Å². The van der Waals surface area contributed by atoms with E-state index in [2.05, 4.69) is 35.3 Å². The maximum Gasteiger partial charge on any atom is 0.128 e. The number of aryl methyl sites for hydroxylation is 1. The molecule has 1 atom stereocenters. The van der Waals surface area contributed by atoms with E-state index in [4.69, 9.17) is 11.5 Å². The molecule has 0 saturated carbocycles. The van der Waals surface area contributed by atoms with Gasteiger partial charge >= 0.3 is 0 Å². The molecule has 0 saturated heterocycles. The molecule has 0 amide bonds. The summed E-state index contributed by atoms with van der Waals surface area (Å²) in [5.41, 5.74) is 15.4. The Labute approximate surface area is 118 Å². The van der Waals surface area contributed by atoms with Crippen LogP contribution in [0, 0.1) is 6.92 Å². The molecule has 3 heteroatoms. The number of nitrogens with two attached hydrogens (primary N) is 2. The van der Waals surface area contributed by atoms with Crippen LogP contribution in [0.4, 0.5) is 5.82 Å². The summed E-state index contributed by atoms with van der Waals surface area (Å²) in [4.78, 5) is 4.15. The molecule has 3 nitrogen and oxygen atoms in total. The fourth-order valence-corrected chi connectivity index (χ4v) is 2.56. The van der Waals surface area contributed by atoms with Crippen molar-refractivity contribution in [1.82, 2.24) is 4.98 Å². The standard InChI is InChI=1S/C17H17N3/c1-11-8-9-20-17(19)15(11)16(18)14-7-6-12-4-2-3-5-13(12)10-14/h2-10,16H,18H2,1H3,(H2,19,20). The quantitative estimate of drug-likeness (QED) is 0.746. The van der Waals surface area contributed by atoms with Crippen LogP contribution in [-0.4, -0.2) is 4.98 Å². The van der Waals surface area contributed by atoms with Gasteiger partial charge in [-0.15, -0.1) is 0 Å². The zero-order valence-electron chi connectivity index (χ0n) is 11.4. The van der Waals surface area contributed by atoms with E-state index in [1.54, 1.807) is 6.20 Å². The van der Waals surface area contributed by atoms with Crippen LogP contribution >= 0.6 is 0 Å². The molecule has 0 aliphatic rings. The van der Waals surface area contributed by atoms with Crippen molar-refractivity contribution < 1.29 is 0 Å². The highest BCUT2D eigenvalue weighted by Crippen LogP contribution is 2.28. The Kier molecular flexibility index (Phi) is 3.12. The first-order valence-electron chi connectivity index (χ1n) is 6.62. The molecule has 0 aliphatic heterocycles. The van der Waals surface area contributed by atoms with Gasteiger partial charge in [0.15, 0.2) is 0 Å². The smallest absolute Gasteiger partial charge is 0.128 e. The van der Waals surface area contributed by atoms with E-state index in [0.29, 0.717) is 5.82 Å². The minimum atomic E-state index is -0.256. The molecule has 1 unspecified atom stereocenters. The first-order valence-corrected chi connectivity index (χ1v) is 6.62. The zero-order chi connectivity index (χ0) is 14.1. The molecule has 3 rings (SSSR count). The second-order valence-electron chi connectivity index (χ2n) is 5.01. The molecule has 0 aliphatic carbocycles. The highest BCUT2D eigenvalue weighted by atomic mass is 14.8. The fourth-order valence-electron chi connectivity index (χ4n) is 2.56. The Morgan fingerprint density at radius 1 is 1.00 bits per heavy atom. The number of anilines is 1. The lowest BCUT2D eigenvalue weighted by Crippen LogP contribution is -2.16. The van der Waals surface area contributed by atoms with Crippen LogP contribution in [0.15, 0.2) is 54.7 Å². The van der Waals surface area contributed by atoms with Crippen LogP contribution in [0.5, 0.6) is 0 Å². The Morgan fingerprint density at radius 3 is 2.50 bits per heavy atom. The molecule has 20 heavy (non-hydrogen) atoms. The number of hydrogen-bond donors (Lipinski definition) is 2. The number of aromatic nitrogens is 1. The van der Waals surface area contributed by atoms with Crippen molar-refractivity contribution in [3.05, 3.63) is 71.4 Å². The third-order valence-corrected chi connectivity index (χ3v) is 3.68. The summed E-state index contributed by atoms with van der Waals surface area (Å²) in [5.74, 6) is 0.505. The summed E-state index contributed by atoms with van der Waals surface area (Å²) in [5, 5.41) is 2.39. The van der Waals surface area contributed by atoms with Crippen LogP contribution in [0.3, 0.4) is 0 Å². The lowest BCUT2D eigenvalue weighted by Gasteiger charge is -2.17. The van der Waals surface area contributed by atoms with Gasteiger partial charge in [-0.2, -0.15) is 0 Å². The second-order valence-corrected chi connectivity index (χ2v) is 5.01. The van der Waals surface area contributed by atoms with Gasteiger partial charge in [0.05, 0.1) is 6.04 Å². The van der Waals surface area contributed by atoms with Crippen LogP contribution < -0.4 is 11.5 Å². The Hall–Kier alpha value is -2.39. The first-order chi connectivity index (χ1) is 9.66. The summed E-state index contributed by atoms with van der Waals surface area (Å²) in [7, 11) is 0. The molecule has 1 aromatic heterocycles. The number of nitrogen functional groups attached to an aromatic ring is 1. The monoisotopic (exact) mass is 263 g/mol. The van der Waals surface area contributed by atoms with Crippen molar-refractivity contribution >= 4 is 16.6 Å². The zero-order valence-corrected chi connectivity index (χ0v) is 11.4. The van der Waals surface area contributed by atoms with Gasteiger partial charge in [-0.25, -0.2) is 4.98 Å². The van der Waals surface area contributed by atoms with E-state index in [-0.39, 0.29) is 6.04 Å². The second kappa shape index (κ2) is 4.94. The molecule has 0 bridgehead atoms. The molecule has 0 spiro atoms. The summed E-state index contributed by atoms with van der Waals surface area (Å²) >= 11 is 0. The predicted octanol–water partition coefficient (Wildman–Crippen LogP) is 3.17. The largest absolute Gasteiger partial charge is 0.383 e. The summed E-state index contributed by atoms with van der Waals surface area (Å²) in [6.07, 6.45) is 1.71. The molecule has 0 fully saturated rings. The average Bonchev–Trinajstić information content (AvgIpc) is 2.46. The third-order valence-electron chi connectivity index (χ3n) is 3.68. The number of benzene rings is 2. The van der Waals surface area contributed by atoms with Gasteiger partial charge in [0.2, 0.25) is 0 Å². The van der Waals surface area contributed by atoms with Crippen LogP contribution in [0.1, 0.15) is 22.7 Å². The topological polar surface area (TPSA) is 64.9 Å². The predicted molar refractivity (Wildman–Crippen MR) is 83.4 cm³/mol. The van der Waals surface area contributed by atoms with Crippen molar-refractivity contribution in [3.63, 3.8) is 0 Å². The first kappa shape index (κ1) is 12.6. The number of rotatable bonds is 2. The van der Waals surface area contributed by atoms with E-state index in [1.165, 1.54) is 10.8 Å². The summed E-state index contributed by atoms with van der Waals surface area (Å²) in [6.45, 7) is 2.01. The molecule has 3 aromatic rings. The van der Waals surface area contributed by atoms with E-state index in [1.807, 2.05) is 25.1 Å². The van der Waals surface area contributed by atoms with Gasteiger partial charge < -0.3 is 11.5 Å². The lowest BCUT2D eigenvalue weighted by molar-refractivity contribution is 0.859. The molecule has 4 N–H and O–H groups in total. The maximum atomic E-state index is 6.39. The number of hydrogen-bond acceptors (Lipinski definition) is 3. The summed E-state index contributed by atoms with van der Waals surface area (Å²) in [6, 6.07) is 16.2. The molecule has 0 radical (unpaired) electrons. The molecule has 2 aromatic carbocycles. The number of fused-ring (bicyclic) bond motifs is 1. The van der Waals surface area contributed by atoms with E-state index < -0.39 is 0 Å². The SMILES string of the molecule is Cc1ccnc(N)c1C(N)c1ccc2ccccc2c1. The van der Waals surface area contributed by atoms with Gasteiger partial charge in [0, 0.05) is 11.8 Å². The van der Waals surface area contributed by atoms with Crippen LogP contribution in [0.2, 0.25) is 0 Å². The van der Waals surface area contributed by atoms with Crippen LogP contribution in [0.25, 0.3) is 10.8 Å². The Bertz CT molecular complexity index is 745. The molecule has 1 heterocycles. The Balaban J connectivity index is 2.10. The van der Waals surface area contributed by atoms with Gasteiger partial charge in [0.25, 0.3) is 0 Å². The van der Waals surface area contributed by atoms with Crippen LogP contribution in [-0.2, 0) is 0 Å². The minimum absolute atomic E-state index is 0.256. The maximum absolute atomic E-state index is 6.39. The van der Waals surface area contributed by atoms with Gasteiger partial charge in [-0.05, 0) is 41.0 Å². The van der Waals surface area contributed by atoms with Crippen molar-refractivity contribution in [1.29, 1.82) is 0 Å². The Morgan fingerprint density at radius 2 is 1.75 bits per heavy atom. The van der Waals surface area contributed by atoms with Crippen molar-refractivity contribution in [2.45, 2.75) is 13.0 Å². The third kappa shape index (κ3) is 2.12. The van der Waals surface area contributed by atoms with E-state index in [0.717, 1.165) is 16.7 Å². The van der Waals surface area contributed by atoms with E-state index >= 15 is 0 Å². The highest BCUT2D eigenvalue weighted by Gasteiger charge is 2.15. The lowest BCUT2D eigenvalue weighted by atomic mass is 9.94. The normalized spacial score (nSPS) is 12.5. The number of pyridine rings is 1. The van der Waals surface area contributed by atoms with Crippen molar-refractivity contribution in [2.75, 3.05) is 5.73 Å². The minimum Gasteiger partial charge on any atom is -0.383 e. The van der Waals surface area contributed by atoms with E-state index in [9.17, 15) is 0 Å². The van der Waals surface area contributed by atoms with Crippen molar-refractivity contribution in [3.8, 4) is 0 Å². The highest BCUT2D eigenvalue weighted by molar-refractivity contribution is 5.83. The van der Waals surface area contributed by atoms with Gasteiger partial charge in [0.1, 0.15) is 5.82 Å². The van der Waals surface area contributed by atoms with Crippen molar-refractivity contribution in [2.24, 2.45) is 5.73 Å². The molecule has 100 valence electrons.